The van der Waals surface area contributed by atoms with Gasteiger partial charge in [0.1, 0.15) is 0 Å². The summed E-state index contributed by atoms with van der Waals surface area (Å²) >= 11 is 0. The molecule has 5 rings (SSSR count). The van der Waals surface area contributed by atoms with E-state index >= 15 is 0 Å². The number of Topliss-reactive ketones (excluding diaryl/α,β-unsaturated/α-hetero) is 2. The average Bonchev–Trinajstić information content (AvgIpc) is 2.71. The second-order valence-electron chi connectivity index (χ2n) is 6.24. The SMILES string of the molecule is O=C1C2=C(CCNCC2)C(=O)C2=C1C1CCC2CC1. The number of nitrogens with one attached hydrogen (secondary N) is 1. The molecule has 0 aromatic heterocycles. The van der Waals surface area contributed by atoms with Crippen LogP contribution in [0.3, 0.4) is 0 Å². The third-order valence-electron chi connectivity index (χ3n) is 5.34. The van der Waals surface area contributed by atoms with Gasteiger partial charge in [0.15, 0.2) is 11.6 Å². The molecule has 0 radical (unpaired) electrons. The van der Waals surface area contributed by atoms with E-state index in [0.717, 1.165) is 73.9 Å². The van der Waals surface area contributed by atoms with Crippen molar-refractivity contribution in [2.75, 3.05) is 13.1 Å². The summed E-state index contributed by atoms with van der Waals surface area (Å²) in [7, 11) is 0. The van der Waals surface area contributed by atoms with Crippen molar-refractivity contribution in [1.82, 2.24) is 5.32 Å². The number of rotatable bonds is 0. The molecule has 0 aromatic rings. The molecule has 1 N–H and O–H groups in total. The molecule has 3 nitrogen and oxygen atoms in total. The zero-order valence-corrected chi connectivity index (χ0v) is 11.1. The van der Waals surface area contributed by atoms with Gasteiger partial charge in [-0.3, -0.25) is 9.59 Å². The molecule has 0 atom stereocenters. The van der Waals surface area contributed by atoms with Crippen molar-refractivity contribution >= 4 is 11.6 Å². The van der Waals surface area contributed by atoms with Crippen molar-refractivity contribution in [3.05, 3.63) is 22.3 Å². The van der Waals surface area contributed by atoms with Crippen LogP contribution in [0.1, 0.15) is 38.5 Å². The number of hydrogen-bond acceptors (Lipinski definition) is 3. The Balaban J connectivity index is 1.84. The summed E-state index contributed by atoms with van der Waals surface area (Å²) in [5.74, 6) is 1.20. The topological polar surface area (TPSA) is 46.2 Å². The van der Waals surface area contributed by atoms with Gasteiger partial charge in [0.05, 0.1) is 0 Å². The number of fused-ring (bicyclic) bond motifs is 2. The number of carbonyl (C=O) groups is 2. The first-order valence-corrected chi connectivity index (χ1v) is 7.53. The Hall–Kier alpha value is -1.22. The minimum absolute atomic E-state index is 0.225. The fourth-order valence-electron chi connectivity index (χ4n) is 4.41. The molecule has 0 spiro atoms. The smallest absolute Gasteiger partial charge is 0.186 e. The summed E-state index contributed by atoms with van der Waals surface area (Å²) < 4.78 is 0. The van der Waals surface area contributed by atoms with Crippen LogP contribution < -0.4 is 5.32 Å². The monoisotopic (exact) mass is 257 g/mol. The zero-order valence-electron chi connectivity index (χ0n) is 11.1. The normalized spacial score (nSPS) is 34.3. The largest absolute Gasteiger partial charge is 0.316 e. The van der Waals surface area contributed by atoms with Crippen LogP contribution in [0, 0.1) is 11.8 Å². The van der Waals surface area contributed by atoms with Crippen LogP contribution in [0.5, 0.6) is 0 Å². The quantitative estimate of drug-likeness (QED) is 0.675. The van der Waals surface area contributed by atoms with E-state index < -0.39 is 0 Å². The maximum absolute atomic E-state index is 12.8. The third kappa shape index (κ3) is 1.54. The Morgan fingerprint density at radius 3 is 1.58 bits per heavy atom. The molecule has 0 aromatic carbocycles. The summed E-state index contributed by atoms with van der Waals surface area (Å²) in [5.41, 5.74) is 3.52. The molecule has 100 valence electrons. The molecule has 0 amide bonds. The van der Waals surface area contributed by atoms with Gasteiger partial charge in [0.2, 0.25) is 0 Å². The Morgan fingerprint density at radius 1 is 0.737 bits per heavy atom. The maximum atomic E-state index is 12.8. The predicted octanol–water partition coefficient (Wildman–Crippen LogP) is 1.93. The van der Waals surface area contributed by atoms with Gasteiger partial charge in [0.25, 0.3) is 0 Å². The lowest BCUT2D eigenvalue weighted by atomic mass is 9.61. The maximum Gasteiger partial charge on any atom is 0.186 e. The van der Waals surface area contributed by atoms with Gasteiger partial charge in [-0.25, -0.2) is 0 Å². The fourth-order valence-corrected chi connectivity index (χ4v) is 4.41. The van der Waals surface area contributed by atoms with Crippen molar-refractivity contribution in [3.63, 3.8) is 0 Å². The van der Waals surface area contributed by atoms with Gasteiger partial charge >= 0.3 is 0 Å². The molecule has 3 heteroatoms. The Bertz CT molecular complexity index is 487. The van der Waals surface area contributed by atoms with Crippen molar-refractivity contribution < 1.29 is 9.59 Å². The summed E-state index contributed by atoms with van der Waals surface area (Å²) in [6.07, 6.45) is 5.92. The summed E-state index contributed by atoms with van der Waals surface area (Å²) in [5, 5.41) is 3.30. The third-order valence-corrected chi connectivity index (χ3v) is 5.34. The van der Waals surface area contributed by atoms with E-state index in [9.17, 15) is 9.59 Å². The molecule has 2 bridgehead atoms. The van der Waals surface area contributed by atoms with Crippen LogP contribution >= 0.6 is 0 Å². The lowest BCUT2D eigenvalue weighted by Crippen LogP contribution is -2.38. The first-order chi connectivity index (χ1) is 9.27. The second-order valence-corrected chi connectivity index (χ2v) is 6.24. The van der Waals surface area contributed by atoms with Crippen LogP contribution in [-0.2, 0) is 9.59 Å². The molecular formula is C16H19NO2. The molecular weight excluding hydrogens is 238 g/mol. The predicted molar refractivity (Wildman–Crippen MR) is 71.6 cm³/mol. The molecule has 1 heterocycles. The minimum Gasteiger partial charge on any atom is -0.316 e. The van der Waals surface area contributed by atoms with Gasteiger partial charge in [-0.2, -0.15) is 0 Å². The Labute approximate surface area is 113 Å². The standard InChI is InChI=1S/C16H19NO2/c18-15-11-5-7-17-8-6-12(11)16(19)14-10-2-1-9(3-4-10)13(14)15/h9-10,17H,1-8H2. The van der Waals surface area contributed by atoms with Crippen LogP contribution in [0.2, 0.25) is 0 Å². The van der Waals surface area contributed by atoms with Crippen molar-refractivity contribution in [3.8, 4) is 0 Å². The molecule has 4 aliphatic carbocycles. The summed E-state index contributed by atoms with van der Waals surface area (Å²) in [4.78, 5) is 25.6. The highest BCUT2D eigenvalue weighted by Crippen LogP contribution is 2.49. The molecule has 0 saturated heterocycles. The van der Waals surface area contributed by atoms with Gasteiger partial charge in [-0.15, -0.1) is 0 Å². The Morgan fingerprint density at radius 2 is 1.16 bits per heavy atom. The van der Waals surface area contributed by atoms with Gasteiger partial charge < -0.3 is 5.32 Å². The first-order valence-electron chi connectivity index (χ1n) is 7.53. The first kappa shape index (κ1) is 11.6. The minimum atomic E-state index is 0.225. The number of carbonyl (C=O) groups excluding carboxylic acids is 2. The second kappa shape index (κ2) is 4.14. The average molecular weight is 257 g/mol. The van der Waals surface area contributed by atoms with Crippen molar-refractivity contribution in [1.29, 1.82) is 0 Å². The van der Waals surface area contributed by atoms with Gasteiger partial charge in [-0.1, -0.05) is 0 Å². The van der Waals surface area contributed by atoms with E-state index in [1.807, 2.05) is 0 Å². The number of ketones is 2. The van der Waals surface area contributed by atoms with E-state index in [1.165, 1.54) is 0 Å². The molecule has 19 heavy (non-hydrogen) atoms. The highest BCUT2D eigenvalue weighted by atomic mass is 16.1. The fraction of sp³-hybridized carbons (Fsp3) is 0.625. The Kier molecular flexibility index (Phi) is 2.52. The summed E-state index contributed by atoms with van der Waals surface area (Å²) in [6.45, 7) is 1.66. The number of hydrogen-bond donors (Lipinski definition) is 1. The van der Waals surface area contributed by atoms with Gasteiger partial charge in [0, 0.05) is 22.3 Å². The number of allylic oxidation sites excluding steroid dienone is 2. The van der Waals surface area contributed by atoms with E-state index in [0.29, 0.717) is 11.8 Å². The zero-order chi connectivity index (χ0) is 13.0. The van der Waals surface area contributed by atoms with Crippen LogP contribution in [-0.4, -0.2) is 24.7 Å². The molecule has 0 unspecified atom stereocenters. The highest BCUT2D eigenvalue weighted by molar-refractivity contribution is 6.26. The van der Waals surface area contributed by atoms with E-state index in [1.54, 1.807) is 0 Å². The van der Waals surface area contributed by atoms with Crippen LogP contribution in [0.15, 0.2) is 22.3 Å². The van der Waals surface area contributed by atoms with E-state index in [-0.39, 0.29) is 11.6 Å². The molecule has 1 aliphatic heterocycles. The lowest BCUT2D eigenvalue weighted by molar-refractivity contribution is -0.118. The highest BCUT2D eigenvalue weighted by Gasteiger charge is 2.45. The lowest BCUT2D eigenvalue weighted by Gasteiger charge is -2.41. The van der Waals surface area contributed by atoms with Crippen LogP contribution in [0.25, 0.3) is 0 Å². The van der Waals surface area contributed by atoms with Crippen molar-refractivity contribution in [2.24, 2.45) is 11.8 Å². The molecule has 5 aliphatic rings. The summed E-state index contributed by atoms with van der Waals surface area (Å²) in [6, 6.07) is 0. The van der Waals surface area contributed by atoms with E-state index in [2.05, 4.69) is 5.32 Å². The van der Waals surface area contributed by atoms with Gasteiger partial charge in [-0.05, 0) is 63.5 Å². The van der Waals surface area contributed by atoms with Crippen LogP contribution in [0.4, 0.5) is 0 Å². The van der Waals surface area contributed by atoms with Crippen molar-refractivity contribution in [2.45, 2.75) is 38.5 Å². The molecule has 1 fully saturated rings. The van der Waals surface area contributed by atoms with E-state index in [4.69, 9.17) is 0 Å². The molecule has 1 saturated carbocycles.